The second kappa shape index (κ2) is 7.10. The van der Waals surface area contributed by atoms with Crippen LogP contribution in [-0.2, 0) is 20.6 Å². The first-order valence-electron chi connectivity index (χ1n) is 9.93. The van der Waals surface area contributed by atoms with Crippen LogP contribution in [0, 0.1) is 0 Å². The molecule has 0 aliphatic carbocycles. The highest BCUT2D eigenvalue weighted by Gasteiger charge is 2.22. The molecule has 3 heterocycles. The minimum absolute atomic E-state index is 0.238. The Morgan fingerprint density at radius 2 is 1.58 bits per heavy atom. The number of aliphatic hydroxyl groups is 1. The molecule has 8 heteroatoms. The summed E-state index contributed by atoms with van der Waals surface area (Å²) in [5.74, 6) is 0.488. The molecule has 1 N–H and O–H groups in total. The van der Waals surface area contributed by atoms with E-state index in [1.54, 1.807) is 11.4 Å². The Morgan fingerprint density at radius 1 is 0.935 bits per heavy atom. The van der Waals surface area contributed by atoms with Crippen LogP contribution in [0.1, 0.15) is 11.7 Å². The van der Waals surface area contributed by atoms with E-state index in [1.165, 1.54) is 11.6 Å². The maximum absolute atomic E-state index is 12.9. The molecule has 8 nitrogen and oxygen atoms in total. The van der Waals surface area contributed by atoms with Crippen molar-refractivity contribution in [3.8, 4) is 11.3 Å². The van der Waals surface area contributed by atoms with Gasteiger partial charge in [-0.15, -0.1) is 0 Å². The van der Waals surface area contributed by atoms with E-state index in [4.69, 9.17) is 0 Å². The zero-order valence-corrected chi connectivity index (χ0v) is 17.1. The lowest BCUT2D eigenvalue weighted by molar-refractivity contribution is 0.158. The zero-order chi connectivity index (χ0) is 21.7. The second-order valence-corrected chi connectivity index (χ2v) is 7.58. The Labute approximate surface area is 176 Å². The zero-order valence-electron chi connectivity index (χ0n) is 17.1. The summed E-state index contributed by atoms with van der Waals surface area (Å²) >= 11 is 0. The molecule has 0 amide bonds. The topological polar surface area (TPSA) is 86.5 Å². The van der Waals surface area contributed by atoms with Crippen LogP contribution in [0.3, 0.4) is 0 Å². The summed E-state index contributed by atoms with van der Waals surface area (Å²) in [5, 5.41) is 10.9. The fourth-order valence-corrected chi connectivity index (χ4v) is 3.99. The molecule has 0 saturated carbocycles. The second-order valence-electron chi connectivity index (χ2n) is 7.58. The number of rotatable bonds is 4. The first kappa shape index (κ1) is 19.1. The molecule has 1 atom stereocenters. The summed E-state index contributed by atoms with van der Waals surface area (Å²) in [7, 11) is 3.05. The molecule has 0 aliphatic rings. The summed E-state index contributed by atoms with van der Waals surface area (Å²) in [4.78, 5) is 29.9. The molecule has 5 rings (SSSR count). The molecule has 0 unspecified atom stereocenters. The normalized spacial score (nSPS) is 12.6. The van der Waals surface area contributed by atoms with Gasteiger partial charge < -0.3 is 9.67 Å². The van der Waals surface area contributed by atoms with Gasteiger partial charge in [-0.05, 0) is 11.1 Å². The molecule has 156 valence electrons. The van der Waals surface area contributed by atoms with Crippen LogP contribution in [0.2, 0.25) is 0 Å². The lowest BCUT2D eigenvalue weighted by Gasteiger charge is -2.15. The smallest absolute Gasteiger partial charge is 0.332 e. The number of aromatic nitrogens is 5. The maximum Gasteiger partial charge on any atom is 0.332 e. The van der Waals surface area contributed by atoms with Crippen LogP contribution in [0.5, 0.6) is 0 Å². The van der Waals surface area contributed by atoms with Crippen LogP contribution in [0.4, 0.5) is 0 Å². The Balaban J connectivity index is 1.80. The van der Waals surface area contributed by atoms with Crippen LogP contribution in [0.25, 0.3) is 28.2 Å². The quantitative estimate of drug-likeness (QED) is 0.487. The van der Waals surface area contributed by atoms with E-state index in [1.807, 2.05) is 71.4 Å². The minimum atomic E-state index is -0.772. The molecule has 0 radical (unpaired) electrons. The molecular formula is C23H21N5O3. The van der Waals surface area contributed by atoms with E-state index in [2.05, 4.69) is 4.98 Å². The standard InChI is InChI=1S/C23H21N5O3/c1-25-20-19(21(30)26(2)23(25)31)28-13-17(15-9-5-3-6-10-15)27(22(28)24-20)14-18(29)16-11-7-4-8-12-16/h3-13,18,29H,14H2,1-2H3/t18-/m0/s1. The van der Waals surface area contributed by atoms with Crippen molar-refractivity contribution in [1.82, 2.24) is 23.1 Å². The summed E-state index contributed by atoms with van der Waals surface area (Å²) < 4.78 is 6.03. The molecule has 0 bridgehead atoms. The lowest BCUT2D eigenvalue weighted by Crippen LogP contribution is -2.37. The van der Waals surface area contributed by atoms with Gasteiger partial charge in [0.25, 0.3) is 5.56 Å². The maximum atomic E-state index is 12.9. The van der Waals surface area contributed by atoms with E-state index in [-0.39, 0.29) is 6.54 Å². The number of benzene rings is 2. The van der Waals surface area contributed by atoms with Gasteiger partial charge in [0.1, 0.15) is 0 Å². The van der Waals surface area contributed by atoms with Gasteiger partial charge in [0.05, 0.1) is 18.3 Å². The largest absolute Gasteiger partial charge is 0.387 e. The summed E-state index contributed by atoms with van der Waals surface area (Å²) in [6, 6.07) is 19.1. The molecule has 5 aromatic rings. The van der Waals surface area contributed by atoms with Crippen molar-refractivity contribution in [1.29, 1.82) is 0 Å². The van der Waals surface area contributed by atoms with Gasteiger partial charge in [-0.2, -0.15) is 4.98 Å². The molecule has 0 spiro atoms. The molecule has 0 saturated heterocycles. The number of aliphatic hydroxyl groups excluding tert-OH is 1. The molecular weight excluding hydrogens is 394 g/mol. The van der Waals surface area contributed by atoms with Crippen LogP contribution >= 0.6 is 0 Å². The first-order chi connectivity index (χ1) is 15.0. The minimum Gasteiger partial charge on any atom is -0.387 e. The average Bonchev–Trinajstić information content (AvgIpc) is 3.34. The molecule has 2 aromatic carbocycles. The fraction of sp³-hybridized carbons (Fsp3) is 0.174. The number of aryl methyl sites for hydroxylation is 1. The average molecular weight is 415 g/mol. The Morgan fingerprint density at radius 3 is 2.26 bits per heavy atom. The summed E-state index contributed by atoms with van der Waals surface area (Å²) in [6.45, 7) is 0.238. The van der Waals surface area contributed by atoms with Gasteiger partial charge >= 0.3 is 5.69 Å². The number of hydrogen-bond donors (Lipinski definition) is 1. The third-order valence-corrected chi connectivity index (χ3v) is 5.67. The molecule has 3 aromatic heterocycles. The van der Waals surface area contributed by atoms with Crippen molar-refractivity contribution >= 4 is 16.9 Å². The van der Waals surface area contributed by atoms with Crippen molar-refractivity contribution in [3.63, 3.8) is 0 Å². The van der Waals surface area contributed by atoms with Crippen LogP contribution < -0.4 is 11.2 Å². The Hall–Kier alpha value is -3.91. The van der Waals surface area contributed by atoms with Crippen molar-refractivity contribution in [3.05, 3.63) is 93.3 Å². The number of imidazole rings is 2. The van der Waals surface area contributed by atoms with E-state index >= 15 is 0 Å². The number of nitrogens with zero attached hydrogens (tertiary/aromatic N) is 5. The summed E-state index contributed by atoms with van der Waals surface area (Å²) in [6.07, 6.45) is 1.06. The predicted molar refractivity (Wildman–Crippen MR) is 118 cm³/mol. The Bertz CT molecular complexity index is 1520. The lowest BCUT2D eigenvalue weighted by atomic mass is 10.1. The Kier molecular flexibility index (Phi) is 4.37. The highest BCUT2D eigenvalue weighted by atomic mass is 16.3. The third kappa shape index (κ3) is 2.91. The van der Waals surface area contributed by atoms with Crippen LogP contribution in [-0.4, -0.2) is 28.2 Å². The molecule has 0 fully saturated rings. The van der Waals surface area contributed by atoms with Gasteiger partial charge in [0.15, 0.2) is 11.2 Å². The predicted octanol–water partition coefficient (Wildman–Crippen LogP) is 2.09. The van der Waals surface area contributed by atoms with E-state index in [9.17, 15) is 14.7 Å². The van der Waals surface area contributed by atoms with E-state index < -0.39 is 17.4 Å². The first-order valence-corrected chi connectivity index (χ1v) is 9.93. The third-order valence-electron chi connectivity index (χ3n) is 5.67. The highest BCUT2D eigenvalue weighted by molar-refractivity contribution is 5.78. The highest BCUT2D eigenvalue weighted by Crippen LogP contribution is 2.27. The fourth-order valence-electron chi connectivity index (χ4n) is 3.99. The number of fused-ring (bicyclic) bond motifs is 3. The van der Waals surface area contributed by atoms with Gasteiger partial charge in [-0.3, -0.25) is 18.3 Å². The van der Waals surface area contributed by atoms with Gasteiger partial charge in [-0.25, -0.2) is 4.79 Å². The van der Waals surface area contributed by atoms with Crippen molar-refractivity contribution < 1.29 is 5.11 Å². The van der Waals surface area contributed by atoms with Gasteiger partial charge in [0.2, 0.25) is 5.78 Å². The van der Waals surface area contributed by atoms with E-state index in [0.717, 1.165) is 21.4 Å². The van der Waals surface area contributed by atoms with Crippen molar-refractivity contribution in [2.24, 2.45) is 14.1 Å². The SMILES string of the molecule is Cn1c(=O)c2c(nc3n(C[C@H](O)c4ccccc4)c(-c4ccccc4)cn23)n(C)c1=O. The van der Waals surface area contributed by atoms with Crippen LogP contribution in [0.15, 0.2) is 76.4 Å². The molecule has 31 heavy (non-hydrogen) atoms. The summed E-state index contributed by atoms with van der Waals surface area (Å²) in [5.41, 5.74) is 2.32. The van der Waals surface area contributed by atoms with Crippen molar-refractivity contribution in [2.75, 3.05) is 0 Å². The molecule has 0 aliphatic heterocycles. The monoisotopic (exact) mass is 415 g/mol. The number of hydrogen-bond acceptors (Lipinski definition) is 4. The van der Waals surface area contributed by atoms with Gasteiger partial charge in [0, 0.05) is 20.3 Å². The van der Waals surface area contributed by atoms with E-state index in [0.29, 0.717) is 16.9 Å². The van der Waals surface area contributed by atoms with Gasteiger partial charge in [-0.1, -0.05) is 60.7 Å². The van der Waals surface area contributed by atoms with Crippen molar-refractivity contribution in [2.45, 2.75) is 12.6 Å².